The maximum absolute atomic E-state index is 12.5. The van der Waals surface area contributed by atoms with Crippen molar-refractivity contribution >= 4 is 16.0 Å². The summed E-state index contributed by atoms with van der Waals surface area (Å²) in [4.78, 5) is 4.58. The second-order valence-electron chi connectivity index (χ2n) is 6.72. The minimum atomic E-state index is -3.29. The van der Waals surface area contributed by atoms with Gasteiger partial charge >= 0.3 is 0 Å². The van der Waals surface area contributed by atoms with Crippen LogP contribution in [0.25, 0.3) is 0 Å². The van der Waals surface area contributed by atoms with E-state index in [2.05, 4.69) is 29.5 Å². The molecule has 1 aliphatic rings. The smallest absolute Gasteiger partial charge is 0.216 e. The Kier molecular flexibility index (Phi) is 9.74. The molecule has 1 rings (SSSR count). The summed E-state index contributed by atoms with van der Waals surface area (Å²) in [5.41, 5.74) is 0. The highest BCUT2D eigenvalue weighted by molar-refractivity contribution is 7.89. The largest absolute Gasteiger partial charge is 0.373 e. The zero-order chi connectivity index (χ0) is 18.9. The van der Waals surface area contributed by atoms with Gasteiger partial charge in [0, 0.05) is 32.7 Å². The number of hydrogen-bond donors (Lipinski definition) is 2. The molecule has 148 valence electrons. The Bertz CT molecular complexity index is 496. The number of ether oxygens (including phenoxy) is 1. The summed E-state index contributed by atoms with van der Waals surface area (Å²) in [5.74, 6) is 1.31. The van der Waals surface area contributed by atoms with Crippen molar-refractivity contribution in [2.75, 3.05) is 38.5 Å². The summed E-state index contributed by atoms with van der Waals surface area (Å²) in [6, 6.07) is 0. The van der Waals surface area contributed by atoms with Gasteiger partial charge in [-0.15, -0.1) is 0 Å². The van der Waals surface area contributed by atoms with E-state index >= 15 is 0 Å². The Morgan fingerprint density at radius 3 is 2.28 bits per heavy atom. The highest BCUT2D eigenvalue weighted by Crippen LogP contribution is 2.14. The van der Waals surface area contributed by atoms with Crippen molar-refractivity contribution in [1.82, 2.24) is 14.9 Å². The van der Waals surface area contributed by atoms with Gasteiger partial charge in [-0.05, 0) is 26.7 Å². The molecule has 1 saturated heterocycles. The van der Waals surface area contributed by atoms with Crippen molar-refractivity contribution in [3.05, 3.63) is 0 Å². The highest BCUT2D eigenvalue weighted by Gasteiger charge is 2.30. The maximum Gasteiger partial charge on any atom is 0.216 e. The van der Waals surface area contributed by atoms with E-state index in [1.807, 2.05) is 20.8 Å². The van der Waals surface area contributed by atoms with Crippen LogP contribution in [0.15, 0.2) is 4.99 Å². The molecule has 0 bridgehead atoms. The molecule has 0 aromatic heterocycles. The number of rotatable bonds is 9. The zero-order valence-corrected chi connectivity index (χ0v) is 17.2. The number of hydrogen-bond acceptors (Lipinski definition) is 4. The fourth-order valence-electron chi connectivity index (χ4n) is 2.89. The van der Waals surface area contributed by atoms with Crippen molar-refractivity contribution in [2.45, 2.75) is 59.7 Å². The highest BCUT2D eigenvalue weighted by atomic mass is 32.2. The van der Waals surface area contributed by atoms with Gasteiger partial charge in [0.2, 0.25) is 10.0 Å². The first-order chi connectivity index (χ1) is 11.8. The molecule has 2 N–H and O–H groups in total. The fraction of sp³-hybridized carbons (Fsp3) is 0.941. The molecule has 0 aromatic rings. The summed E-state index contributed by atoms with van der Waals surface area (Å²) in [6.45, 7) is 12.9. The minimum Gasteiger partial charge on any atom is -0.373 e. The second kappa shape index (κ2) is 11.0. The second-order valence-corrected chi connectivity index (χ2v) is 8.81. The quantitative estimate of drug-likeness (QED) is 0.470. The van der Waals surface area contributed by atoms with Gasteiger partial charge in [0.1, 0.15) is 0 Å². The number of sulfonamides is 1. The normalized spacial score (nSPS) is 23.0. The van der Waals surface area contributed by atoms with E-state index in [1.54, 1.807) is 4.31 Å². The van der Waals surface area contributed by atoms with Crippen LogP contribution < -0.4 is 10.6 Å². The van der Waals surface area contributed by atoms with Crippen LogP contribution in [0.4, 0.5) is 0 Å². The van der Waals surface area contributed by atoms with E-state index < -0.39 is 10.0 Å². The van der Waals surface area contributed by atoms with Crippen LogP contribution in [0.5, 0.6) is 0 Å². The molecule has 7 nitrogen and oxygen atoms in total. The van der Waals surface area contributed by atoms with Crippen LogP contribution >= 0.6 is 0 Å². The van der Waals surface area contributed by atoms with E-state index in [0.29, 0.717) is 31.5 Å². The van der Waals surface area contributed by atoms with Crippen LogP contribution in [0.1, 0.15) is 47.5 Å². The van der Waals surface area contributed by atoms with Crippen molar-refractivity contribution in [3.63, 3.8) is 0 Å². The summed E-state index contributed by atoms with van der Waals surface area (Å²) < 4.78 is 32.2. The van der Waals surface area contributed by atoms with Gasteiger partial charge in [-0.25, -0.2) is 8.42 Å². The van der Waals surface area contributed by atoms with E-state index in [0.717, 1.165) is 25.9 Å². The Morgan fingerprint density at radius 2 is 1.76 bits per heavy atom. The van der Waals surface area contributed by atoms with Crippen molar-refractivity contribution in [1.29, 1.82) is 0 Å². The predicted octanol–water partition coefficient (Wildman–Crippen LogP) is 1.42. The van der Waals surface area contributed by atoms with Crippen LogP contribution in [-0.2, 0) is 14.8 Å². The molecule has 0 aliphatic carbocycles. The predicted molar refractivity (Wildman–Crippen MR) is 103 cm³/mol. The number of morpholine rings is 1. The third-order valence-electron chi connectivity index (χ3n) is 4.44. The average Bonchev–Trinajstić information content (AvgIpc) is 2.54. The van der Waals surface area contributed by atoms with Gasteiger partial charge in [0.25, 0.3) is 0 Å². The summed E-state index contributed by atoms with van der Waals surface area (Å²) in [7, 11) is -3.29. The Balaban J connectivity index is 2.54. The molecule has 8 heteroatoms. The number of nitrogens with zero attached hydrogens (tertiary/aromatic N) is 2. The monoisotopic (exact) mass is 376 g/mol. The van der Waals surface area contributed by atoms with E-state index in [9.17, 15) is 8.42 Å². The van der Waals surface area contributed by atoms with Crippen LogP contribution in [-0.4, -0.2) is 69.4 Å². The lowest BCUT2D eigenvalue weighted by Crippen LogP contribution is -2.50. The Morgan fingerprint density at radius 1 is 1.16 bits per heavy atom. The van der Waals surface area contributed by atoms with Gasteiger partial charge in [-0.3, -0.25) is 4.99 Å². The maximum atomic E-state index is 12.5. The minimum absolute atomic E-state index is 0.0574. The molecular weight excluding hydrogens is 340 g/mol. The lowest BCUT2D eigenvalue weighted by atomic mass is 10.0. The van der Waals surface area contributed by atoms with Crippen molar-refractivity contribution in [2.24, 2.45) is 10.9 Å². The fourth-order valence-corrected chi connectivity index (χ4v) is 4.39. The molecular formula is C17H36N4O3S. The van der Waals surface area contributed by atoms with Crippen LogP contribution in [0.2, 0.25) is 0 Å². The van der Waals surface area contributed by atoms with E-state index in [4.69, 9.17) is 4.74 Å². The van der Waals surface area contributed by atoms with Crippen molar-refractivity contribution < 1.29 is 13.2 Å². The number of nitrogens with one attached hydrogen (secondary N) is 2. The molecule has 1 fully saturated rings. The van der Waals surface area contributed by atoms with Crippen LogP contribution in [0.3, 0.4) is 0 Å². The van der Waals surface area contributed by atoms with Gasteiger partial charge < -0.3 is 15.4 Å². The van der Waals surface area contributed by atoms with Gasteiger partial charge in [0.15, 0.2) is 5.96 Å². The van der Waals surface area contributed by atoms with E-state index in [1.165, 1.54) is 0 Å². The number of guanidine groups is 1. The number of aliphatic imine (C=N–C) groups is 1. The third kappa shape index (κ3) is 7.92. The molecule has 0 aromatic carbocycles. The lowest BCUT2D eigenvalue weighted by molar-refractivity contribution is -0.0440. The first-order valence-corrected chi connectivity index (χ1v) is 11.1. The van der Waals surface area contributed by atoms with Crippen LogP contribution in [0, 0.1) is 5.92 Å². The lowest BCUT2D eigenvalue weighted by Gasteiger charge is -2.34. The van der Waals surface area contributed by atoms with Gasteiger partial charge in [-0.2, -0.15) is 4.31 Å². The van der Waals surface area contributed by atoms with Gasteiger partial charge in [-0.1, -0.05) is 26.7 Å². The zero-order valence-electron chi connectivity index (χ0n) is 16.4. The summed E-state index contributed by atoms with van der Waals surface area (Å²) in [6.07, 6.45) is 2.07. The molecule has 2 atom stereocenters. The van der Waals surface area contributed by atoms with Crippen molar-refractivity contribution in [3.8, 4) is 0 Å². The molecule has 0 spiro atoms. The molecule has 1 aliphatic heterocycles. The first kappa shape index (κ1) is 22.2. The van der Waals surface area contributed by atoms with E-state index in [-0.39, 0.29) is 18.0 Å². The van der Waals surface area contributed by atoms with Gasteiger partial charge in [0.05, 0.1) is 18.0 Å². The molecule has 0 amide bonds. The molecule has 25 heavy (non-hydrogen) atoms. The first-order valence-electron chi connectivity index (χ1n) is 9.47. The molecule has 0 radical (unpaired) electrons. The summed E-state index contributed by atoms with van der Waals surface area (Å²) >= 11 is 0. The molecule has 2 unspecified atom stereocenters. The Hall–Kier alpha value is -0.860. The standard InChI is InChI=1S/C17H36N4O3S/c1-6-16(7-2)11-20-17(18-8-3)19-9-10-25(22,23)21-12-14(4)24-15(5)13-21/h14-16H,6-13H2,1-5H3,(H2,18,19,20). The topological polar surface area (TPSA) is 83.0 Å². The Labute approximate surface area is 153 Å². The SMILES string of the molecule is CCNC(=NCC(CC)CC)NCCS(=O)(=O)N1CC(C)OC(C)C1. The average molecular weight is 377 g/mol. The third-order valence-corrected chi connectivity index (χ3v) is 6.24. The molecule has 0 saturated carbocycles. The summed E-state index contributed by atoms with van der Waals surface area (Å²) in [5, 5.41) is 6.32. The molecule has 1 heterocycles.